The molecule has 2 atom stereocenters. The van der Waals surface area contributed by atoms with Gasteiger partial charge in [-0.2, -0.15) is 4.98 Å². The van der Waals surface area contributed by atoms with Gasteiger partial charge in [0.15, 0.2) is 0 Å². The summed E-state index contributed by atoms with van der Waals surface area (Å²) in [6.45, 7) is 1.53. The third kappa shape index (κ3) is 4.38. The summed E-state index contributed by atoms with van der Waals surface area (Å²) in [5.41, 5.74) is 0.661. The van der Waals surface area contributed by atoms with Crippen LogP contribution in [0.25, 0.3) is 11.0 Å². The first-order valence-corrected chi connectivity index (χ1v) is 9.02. The second kappa shape index (κ2) is 8.45. The van der Waals surface area contributed by atoms with Crippen molar-refractivity contribution in [1.82, 2.24) is 14.9 Å². The Balaban J connectivity index is 1.61. The Bertz CT molecular complexity index is 759. The van der Waals surface area contributed by atoms with E-state index in [1.165, 1.54) is 12.8 Å². The van der Waals surface area contributed by atoms with Crippen molar-refractivity contribution >= 4 is 11.0 Å². The van der Waals surface area contributed by atoms with E-state index in [2.05, 4.69) is 10.3 Å². The number of nitrogens with one attached hydrogen (secondary N) is 1. The molecule has 0 aliphatic heterocycles. The second-order valence-corrected chi connectivity index (χ2v) is 6.62. The fourth-order valence-electron chi connectivity index (χ4n) is 3.56. The molecule has 0 amide bonds. The average molecular weight is 345 g/mol. The zero-order valence-electron chi connectivity index (χ0n) is 15.0. The van der Waals surface area contributed by atoms with E-state index in [-0.39, 0.29) is 5.56 Å². The molecule has 25 heavy (non-hydrogen) atoms. The second-order valence-electron chi connectivity index (χ2n) is 6.62. The number of pyridine rings is 2. The van der Waals surface area contributed by atoms with Crippen molar-refractivity contribution in [3.8, 4) is 5.88 Å². The molecule has 2 aromatic rings. The van der Waals surface area contributed by atoms with Crippen molar-refractivity contribution in [3.05, 3.63) is 34.6 Å². The van der Waals surface area contributed by atoms with Crippen LogP contribution in [0.15, 0.2) is 29.1 Å². The van der Waals surface area contributed by atoms with Crippen LogP contribution in [-0.2, 0) is 11.3 Å². The molecule has 1 aliphatic carbocycles. The van der Waals surface area contributed by atoms with E-state index in [1.54, 1.807) is 24.9 Å². The monoisotopic (exact) mass is 345 g/mol. The van der Waals surface area contributed by atoms with Crippen LogP contribution in [0, 0.1) is 0 Å². The predicted molar refractivity (Wildman–Crippen MR) is 98.2 cm³/mol. The number of ether oxygens (including phenoxy) is 2. The number of aromatic nitrogens is 2. The van der Waals surface area contributed by atoms with E-state index in [0.29, 0.717) is 30.2 Å². The summed E-state index contributed by atoms with van der Waals surface area (Å²) in [6, 6.07) is 7.68. The van der Waals surface area contributed by atoms with Gasteiger partial charge in [-0.05, 0) is 50.8 Å². The lowest BCUT2D eigenvalue weighted by molar-refractivity contribution is 0.0588. The van der Waals surface area contributed by atoms with Gasteiger partial charge in [0.25, 0.3) is 5.56 Å². The highest BCUT2D eigenvalue weighted by Gasteiger charge is 2.20. The Labute approximate surface area is 148 Å². The molecule has 0 aromatic carbocycles. The van der Waals surface area contributed by atoms with E-state index in [4.69, 9.17) is 9.47 Å². The third-order valence-corrected chi connectivity index (χ3v) is 4.97. The molecular formula is C19H27N3O3. The molecule has 2 heterocycles. The maximum Gasteiger partial charge on any atom is 0.252 e. The first-order valence-electron chi connectivity index (χ1n) is 9.02. The molecule has 0 radical (unpaired) electrons. The summed E-state index contributed by atoms with van der Waals surface area (Å²) >= 11 is 0. The van der Waals surface area contributed by atoms with E-state index >= 15 is 0 Å². The molecule has 6 nitrogen and oxygen atoms in total. The number of hydrogen-bond acceptors (Lipinski definition) is 5. The van der Waals surface area contributed by atoms with Crippen LogP contribution in [0.2, 0.25) is 0 Å². The molecule has 1 fully saturated rings. The highest BCUT2D eigenvalue weighted by molar-refractivity contribution is 5.75. The number of hydrogen-bond donors (Lipinski definition) is 1. The zero-order chi connectivity index (χ0) is 17.6. The summed E-state index contributed by atoms with van der Waals surface area (Å²) in [7, 11) is 3.38. The molecule has 0 saturated heterocycles. The number of methoxy groups -OCH3 is 2. The van der Waals surface area contributed by atoms with Gasteiger partial charge >= 0.3 is 0 Å². The fraction of sp³-hybridized carbons (Fsp3) is 0.579. The van der Waals surface area contributed by atoms with Crippen molar-refractivity contribution in [1.29, 1.82) is 0 Å². The molecule has 1 N–H and O–H groups in total. The molecule has 0 spiro atoms. The molecule has 2 unspecified atom stereocenters. The Morgan fingerprint density at radius 2 is 2.08 bits per heavy atom. The highest BCUT2D eigenvalue weighted by atomic mass is 16.5. The molecule has 1 saturated carbocycles. The minimum absolute atomic E-state index is 0.0228. The highest BCUT2D eigenvalue weighted by Crippen LogP contribution is 2.20. The quantitative estimate of drug-likeness (QED) is 0.780. The maximum atomic E-state index is 12.3. The molecule has 136 valence electrons. The number of aryl methyl sites for hydroxylation is 1. The fourth-order valence-corrected chi connectivity index (χ4v) is 3.56. The Morgan fingerprint density at radius 1 is 1.24 bits per heavy atom. The van der Waals surface area contributed by atoms with Crippen molar-refractivity contribution in [2.75, 3.05) is 20.8 Å². The van der Waals surface area contributed by atoms with Gasteiger partial charge in [-0.25, -0.2) is 0 Å². The van der Waals surface area contributed by atoms with Gasteiger partial charge in [0, 0.05) is 37.2 Å². The van der Waals surface area contributed by atoms with Crippen LogP contribution in [-0.4, -0.2) is 42.5 Å². The topological polar surface area (TPSA) is 65.4 Å². The van der Waals surface area contributed by atoms with Crippen molar-refractivity contribution < 1.29 is 9.47 Å². The van der Waals surface area contributed by atoms with Gasteiger partial charge in [-0.1, -0.05) is 0 Å². The maximum absolute atomic E-state index is 12.3. The van der Waals surface area contributed by atoms with Crippen LogP contribution in [0.5, 0.6) is 5.88 Å². The third-order valence-electron chi connectivity index (χ3n) is 4.97. The Hall–Kier alpha value is -1.92. The van der Waals surface area contributed by atoms with Crippen molar-refractivity contribution in [2.45, 2.75) is 50.8 Å². The normalized spacial score (nSPS) is 20.7. The van der Waals surface area contributed by atoms with Gasteiger partial charge < -0.3 is 14.8 Å². The minimum atomic E-state index is -0.0228. The molecule has 0 bridgehead atoms. The molecular weight excluding hydrogens is 318 g/mol. The molecule has 3 rings (SSSR count). The first kappa shape index (κ1) is 17.9. The standard InChI is InChI=1S/C19H27N3O3/c1-24-16-6-3-5-15(13-16)20-11-4-12-22-18(23)10-8-14-7-9-17(25-2)21-19(14)22/h7-10,15-16,20H,3-6,11-13H2,1-2H3. The van der Waals surface area contributed by atoms with Gasteiger partial charge in [0.2, 0.25) is 5.88 Å². The van der Waals surface area contributed by atoms with Gasteiger partial charge in [-0.3, -0.25) is 9.36 Å². The summed E-state index contributed by atoms with van der Waals surface area (Å²) in [6.07, 6.45) is 5.90. The lowest BCUT2D eigenvalue weighted by Crippen LogP contribution is -2.37. The number of fused-ring (bicyclic) bond motifs is 1. The lowest BCUT2D eigenvalue weighted by Gasteiger charge is -2.29. The average Bonchev–Trinajstić information content (AvgIpc) is 2.66. The van der Waals surface area contributed by atoms with E-state index in [0.717, 1.165) is 31.2 Å². The lowest BCUT2D eigenvalue weighted by atomic mass is 9.93. The predicted octanol–water partition coefficient (Wildman–Crippen LogP) is 2.34. The van der Waals surface area contributed by atoms with E-state index < -0.39 is 0 Å². The van der Waals surface area contributed by atoms with E-state index in [1.807, 2.05) is 18.2 Å². The summed E-state index contributed by atoms with van der Waals surface area (Å²) in [5, 5.41) is 4.55. The molecule has 6 heteroatoms. The minimum Gasteiger partial charge on any atom is -0.481 e. The summed E-state index contributed by atoms with van der Waals surface area (Å²) < 4.78 is 12.4. The SMILES string of the molecule is COc1ccc2ccc(=O)n(CCCNC3CCCC(OC)C3)c2n1. The zero-order valence-corrected chi connectivity index (χ0v) is 15.0. The number of nitrogens with zero attached hydrogens (tertiary/aromatic N) is 2. The van der Waals surface area contributed by atoms with Gasteiger partial charge in [-0.15, -0.1) is 0 Å². The summed E-state index contributed by atoms with van der Waals surface area (Å²) in [4.78, 5) is 16.7. The first-order chi connectivity index (χ1) is 12.2. The van der Waals surface area contributed by atoms with Crippen LogP contribution < -0.4 is 15.6 Å². The largest absolute Gasteiger partial charge is 0.481 e. The van der Waals surface area contributed by atoms with Crippen LogP contribution in [0.1, 0.15) is 32.1 Å². The van der Waals surface area contributed by atoms with Gasteiger partial charge in [0.1, 0.15) is 5.65 Å². The molecule has 2 aromatic heterocycles. The van der Waals surface area contributed by atoms with Crippen molar-refractivity contribution in [2.24, 2.45) is 0 Å². The van der Waals surface area contributed by atoms with E-state index in [9.17, 15) is 4.79 Å². The van der Waals surface area contributed by atoms with Crippen LogP contribution in [0.3, 0.4) is 0 Å². The molecule has 1 aliphatic rings. The summed E-state index contributed by atoms with van der Waals surface area (Å²) in [5.74, 6) is 0.526. The Morgan fingerprint density at radius 3 is 2.88 bits per heavy atom. The van der Waals surface area contributed by atoms with Crippen molar-refractivity contribution in [3.63, 3.8) is 0 Å². The smallest absolute Gasteiger partial charge is 0.252 e. The Kier molecular flexibility index (Phi) is 6.04. The van der Waals surface area contributed by atoms with Crippen LogP contribution in [0.4, 0.5) is 0 Å². The van der Waals surface area contributed by atoms with Gasteiger partial charge in [0.05, 0.1) is 13.2 Å². The van der Waals surface area contributed by atoms with Crippen LogP contribution >= 0.6 is 0 Å². The number of rotatable bonds is 7.